The number of benzene rings is 1. The van der Waals surface area contributed by atoms with Gasteiger partial charge in [0, 0.05) is 5.56 Å². The molecule has 0 saturated carbocycles. The monoisotopic (exact) mass is 270 g/mol. The van der Waals surface area contributed by atoms with Gasteiger partial charge in [-0.2, -0.15) is 0 Å². The van der Waals surface area contributed by atoms with Crippen LogP contribution in [0.5, 0.6) is 11.5 Å². The lowest BCUT2D eigenvalue weighted by Crippen LogP contribution is -1.91. The molecule has 80 valence electrons. The number of carbonyl (C=O) groups excluding carboxylic acids is 1. The molecule has 1 rings (SSSR count). The minimum Gasteiger partial charge on any atom is -0.496 e. The topological polar surface area (TPSA) is 35.5 Å². The lowest BCUT2D eigenvalue weighted by molar-refractivity contribution is -0.104. The van der Waals surface area contributed by atoms with Gasteiger partial charge in [-0.3, -0.25) is 4.79 Å². The summed E-state index contributed by atoms with van der Waals surface area (Å²) in [6.07, 6.45) is 3.79. The van der Waals surface area contributed by atoms with E-state index in [0.29, 0.717) is 17.8 Å². The second-order valence-electron chi connectivity index (χ2n) is 2.72. The molecule has 4 heteroatoms. The zero-order chi connectivity index (χ0) is 11.3. The second kappa shape index (κ2) is 5.56. The Balaban J connectivity index is 3.21. The summed E-state index contributed by atoms with van der Waals surface area (Å²) in [5, 5.41) is 0. The molecule has 0 saturated heterocycles. The minimum absolute atomic E-state index is 0.681. The fraction of sp³-hybridized carbons (Fsp3) is 0.182. The van der Waals surface area contributed by atoms with Crippen LogP contribution in [0, 0.1) is 0 Å². The van der Waals surface area contributed by atoms with Gasteiger partial charge in [0.25, 0.3) is 0 Å². The van der Waals surface area contributed by atoms with Crippen LogP contribution in [0.25, 0.3) is 6.08 Å². The van der Waals surface area contributed by atoms with Crippen molar-refractivity contribution in [2.24, 2.45) is 0 Å². The molecule has 1 aromatic rings. The smallest absolute Gasteiger partial charge is 0.142 e. The van der Waals surface area contributed by atoms with E-state index in [4.69, 9.17) is 9.47 Å². The molecule has 0 bridgehead atoms. The summed E-state index contributed by atoms with van der Waals surface area (Å²) >= 11 is 3.35. The van der Waals surface area contributed by atoms with Gasteiger partial charge in [0.1, 0.15) is 17.8 Å². The molecule has 0 aliphatic rings. The van der Waals surface area contributed by atoms with Crippen LogP contribution in [0.4, 0.5) is 0 Å². The molecule has 0 spiro atoms. The average molecular weight is 271 g/mol. The van der Waals surface area contributed by atoms with Gasteiger partial charge in [0.2, 0.25) is 0 Å². The minimum atomic E-state index is 0.681. The van der Waals surface area contributed by atoms with Crippen molar-refractivity contribution >= 4 is 28.3 Å². The molecule has 0 heterocycles. The van der Waals surface area contributed by atoms with E-state index in [1.807, 2.05) is 0 Å². The largest absolute Gasteiger partial charge is 0.496 e. The highest BCUT2D eigenvalue weighted by molar-refractivity contribution is 9.10. The van der Waals surface area contributed by atoms with E-state index in [-0.39, 0.29) is 0 Å². The van der Waals surface area contributed by atoms with Crippen molar-refractivity contribution in [3.8, 4) is 11.5 Å². The Kier molecular flexibility index (Phi) is 4.37. The molecular weight excluding hydrogens is 260 g/mol. The molecule has 0 aromatic heterocycles. The summed E-state index contributed by atoms with van der Waals surface area (Å²) in [6, 6.07) is 3.59. The van der Waals surface area contributed by atoms with Gasteiger partial charge in [-0.15, -0.1) is 0 Å². The van der Waals surface area contributed by atoms with Crippen LogP contribution in [0.15, 0.2) is 22.7 Å². The third-order valence-corrected chi connectivity index (χ3v) is 2.48. The molecule has 0 aliphatic carbocycles. The maximum Gasteiger partial charge on any atom is 0.142 e. The number of hydrogen-bond acceptors (Lipinski definition) is 3. The van der Waals surface area contributed by atoms with Gasteiger partial charge in [-0.25, -0.2) is 0 Å². The van der Waals surface area contributed by atoms with E-state index in [1.54, 1.807) is 32.4 Å². The highest BCUT2D eigenvalue weighted by Crippen LogP contribution is 2.33. The first-order chi connectivity index (χ1) is 7.22. The first kappa shape index (κ1) is 11.8. The molecule has 0 fully saturated rings. The molecule has 0 radical (unpaired) electrons. The highest BCUT2D eigenvalue weighted by atomic mass is 79.9. The van der Waals surface area contributed by atoms with E-state index in [2.05, 4.69) is 15.9 Å². The Morgan fingerprint density at radius 2 is 1.87 bits per heavy atom. The summed E-state index contributed by atoms with van der Waals surface area (Å²) in [5.74, 6) is 1.38. The van der Waals surface area contributed by atoms with Crippen molar-refractivity contribution in [1.29, 1.82) is 0 Å². The summed E-state index contributed by atoms with van der Waals surface area (Å²) in [4.78, 5) is 10.2. The third kappa shape index (κ3) is 2.83. The van der Waals surface area contributed by atoms with E-state index >= 15 is 0 Å². The standard InChI is InChI=1S/C11H11BrO3/c1-14-10-7-9(12)11(15-2)6-8(10)4-3-5-13/h3-7H,1-2H3. The number of methoxy groups -OCH3 is 2. The Labute approximate surface area is 96.8 Å². The van der Waals surface area contributed by atoms with Crippen LogP contribution in [-0.4, -0.2) is 20.5 Å². The predicted octanol–water partition coefficient (Wildman–Crippen LogP) is 2.68. The number of ether oxygens (including phenoxy) is 2. The number of allylic oxidation sites excluding steroid dienone is 1. The van der Waals surface area contributed by atoms with E-state index in [9.17, 15) is 4.79 Å². The second-order valence-corrected chi connectivity index (χ2v) is 3.58. The zero-order valence-corrected chi connectivity index (χ0v) is 10.1. The Morgan fingerprint density at radius 3 is 2.40 bits per heavy atom. The van der Waals surface area contributed by atoms with Crippen LogP contribution in [0.3, 0.4) is 0 Å². The third-order valence-electron chi connectivity index (χ3n) is 1.86. The van der Waals surface area contributed by atoms with Gasteiger partial charge in [0.15, 0.2) is 0 Å². The fourth-order valence-electron chi connectivity index (χ4n) is 1.16. The number of hydrogen-bond donors (Lipinski definition) is 0. The molecule has 0 N–H and O–H groups in total. The molecule has 0 unspecified atom stereocenters. The molecule has 3 nitrogen and oxygen atoms in total. The quantitative estimate of drug-likeness (QED) is 0.624. The van der Waals surface area contributed by atoms with Gasteiger partial charge in [0.05, 0.1) is 18.7 Å². The molecule has 0 atom stereocenters. The van der Waals surface area contributed by atoms with E-state index in [0.717, 1.165) is 10.0 Å². The van der Waals surface area contributed by atoms with Crippen LogP contribution in [0.1, 0.15) is 5.56 Å². The van der Waals surface area contributed by atoms with Crippen molar-refractivity contribution in [2.75, 3.05) is 14.2 Å². The maximum absolute atomic E-state index is 10.2. The summed E-state index contributed by atoms with van der Waals surface area (Å²) < 4.78 is 11.1. The molecule has 15 heavy (non-hydrogen) atoms. The van der Waals surface area contributed by atoms with Crippen molar-refractivity contribution in [3.05, 3.63) is 28.2 Å². The van der Waals surface area contributed by atoms with Crippen molar-refractivity contribution in [3.63, 3.8) is 0 Å². The Hall–Kier alpha value is -1.29. The van der Waals surface area contributed by atoms with Gasteiger partial charge >= 0.3 is 0 Å². The van der Waals surface area contributed by atoms with E-state index < -0.39 is 0 Å². The number of aldehydes is 1. The van der Waals surface area contributed by atoms with Crippen LogP contribution >= 0.6 is 15.9 Å². The van der Waals surface area contributed by atoms with Crippen LogP contribution in [0.2, 0.25) is 0 Å². The summed E-state index contributed by atoms with van der Waals surface area (Å²) in [6.45, 7) is 0. The first-order valence-corrected chi connectivity index (χ1v) is 5.05. The SMILES string of the molecule is COc1cc(C=CC=O)c(OC)cc1Br. The summed E-state index contributed by atoms with van der Waals surface area (Å²) in [7, 11) is 3.16. The zero-order valence-electron chi connectivity index (χ0n) is 8.49. The molecular formula is C11H11BrO3. The molecule has 0 aliphatic heterocycles. The number of rotatable bonds is 4. The molecule has 1 aromatic carbocycles. The average Bonchev–Trinajstić information content (AvgIpc) is 2.26. The van der Waals surface area contributed by atoms with Crippen molar-refractivity contribution in [2.45, 2.75) is 0 Å². The van der Waals surface area contributed by atoms with Gasteiger partial charge < -0.3 is 9.47 Å². The van der Waals surface area contributed by atoms with Gasteiger partial charge in [-0.05, 0) is 40.2 Å². The summed E-state index contributed by atoms with van der Waals surface area (Å²) in [5.41, 5.74) is 0.796. The van der Waals surface area contributed by atoms with Crippen molar-refractivity contribution in [1.82, 2.24) is 0 Å². The lowest BCUT2D eigenvalue weighted by atomic mass is 10.2. The Bertz CT molecular complexity index is 386. The van der Waals surface area contributed by atoms with Crippen molar-refractivity contribution < 1.29 is 14.3 Å². The van der Waals surface area contributed by atoms with Gasteiger partial charge in [-0.1, -0.05) is 0 Å². The lowest BCUT2D eigenvalue weighted by Gasteiger charge is -2.09. The maximum atomic E-state index is 10.2. The normalized spacial score (nSPS) is 10.3. The van der Waals surface area contributed by atoms with Crippen LogP contribution in [-0.2, 0) is 4.79 Å². The molecule has 0 amide bonds. The first-order valence-electron chi connectivity index (χ1n) is 4.26. The van der Waals surface area contributed by atoms with E-state index in [1.165, 1.54) is 6.08 Å². The number of carbonyl (C=O) groups is 1. The highest BCUT2D eigenvalue weighted by Gasteiger charge is 2.06. The van der Waals surface area contributed by atoms with Crippen LogP contribution < -0.4 is 9.47 Å². The Morgan fingerprint density at radius 1 is 1.20 bits per heavy atom. The predicted molar refractivity (Wildman–Crippen MR) is 62.3 cm³/mol. The fourth-order valence-corrected chi connectivity index (χ4v) is 1.64. The number of halogens is 1.